The zero-order valence-electron chi connectivity index (χ0n) is 17.8. The van der Waals surface area contributed by atoms with Crippen molar-refractivity contribution >= 4 is 17.6 Å². The van der Waals surface area contributed by atoms with Gasteiger partial charge >= 0.3 is 5.97 Å². The molecule has 0 aliphatic heterocycles. The number of ether oxygens (including phenoxy) is 3. The maximum Gasteiger partial charge on any atom is 0.337 e. The number of nitrogens with zero attached hydrogens (tertiary/aromatic N) is 2. The van der Waals surface area contributed by atoms with Crippen LogP contribution in [0.2, 0.25) is 0 Å². The molecule has 1 aromatic heterocycles. The fourth-order valence-corrected chi connectivity index (χ4v) is 2.97. The number of amides is 1. The molecule has 1 N–H and O–H groups in total. The third-order valence-electron chi connectivity index (χ3n) is 4.41. The molecule has 8 heteroatoms. The van der Waals surface area contributed by atoms with Gasteiger partial charge in [-0.1, -0.05) is 6.07 Å². The molecule has 0 saturated carbocycles. The molecule has 0 aliphatic carbocycles. The Bertz CT molecular complexity index is 1040. The van der Waals surface area contributed by atoms with Crippen molar-refractivity contribution in [1.82, 2.24) is 9.78 Å². The SMILES string of the molecule is CCOc1ccc(Cn2cc(NC(=O)c3ccc(C(=O)OC)cc3)cn2)cc1OCC. The summed E-state index contributed by atoms with van der Waals surface area (Å²) in [6.45, 7) is 5.47. The summed E-state index contributed by atoms with van der Waals surface area (Å²) in [5.41, 5.74) is 2.37. The minimum absolute atomic E-state index is 0.296. The number of nitrogens with one attached hydrogen (secondary N) is 1. The van der Waals surface area contributed by atoms with E-state index in [2.05, 4.69) is 15.2 Å². The molecule has 0 unspecified atom stereocenters. The number of hydrogen-bond donors (Lipinski definition) is 1. The van der Waals surface area contributed by atoms with Crippen molar-refractivity contribution in [2.45, 2.75) is 20.4 Å². The van der Waals surface area contributed by atoms with E-state index in [0.29, 0.717) is 48.1 Å². The number of esters is 1. The van der Waals surface area contributed by atoms with Gasteiger partial charge in [-0.3, -0.25) is 9.48 Å². The fourth-order valence-electron chi connectivity index (χ4n) is 2.97. The number of hydrogen-bond acceptors (Lipinski definition) is 6. The smallest absolute Gasteiger partial charge is 0.337 e. The zero-order chi connectivity index (χ0) is 22.2. The van der Waals surface area contributed by atoms with Crippen molar-refractivity contribution in [2.24, 2.45) is 0 Å². The molecule has 1 amide bonds. The second-order valence-corrected chi connectivity index (χ2v) is 6.60. The normalized spacial score (nSPS) is 10.4. The predicted molar refractivity (Wildman–Crippen MR) is 116 cm³/mol. The molecule has 3 rings (SSSR count). The van der Waals surface area contributed by atoms with E-state index in [9.17, 15) is 9.59 Å². The first-order valence-corrected chi connectivity index (χ1v) is 9.94. The first-order chi connectivity index (χ1) is 15.0. The summed E-state index contributed by atoms with van der Waals surface area (Å²) in [5.74, 6) is 0.656. The van der Waals surface area contributed by atoms with Crippen LogP contribution in [0.25, 0.3) is 0 Å². The second kappa shape index (κ2) is 10.3. The average molecular weight is 423 g/mol. The number of anilines is 1. The Morgan fingerprint density at radius 2 is 1.65 bits per heavy atom. The number of rotatable bonds is 9. The quantitative estimate of drug-likeness (QED) is 0.527. The van der Waals surface area contributed by atoms with Crippen LogP contribution in [0.1, 0.15) is 40.1 Å². The minimum atomic E-state index is -0.449. The summed E-state index contributed by atoms with van der Waals surface area (Å²) < 4.78 is 17.6. The molecule has 0 atom stereocenters. The molecule has 0 radical (unpaired) electrons. The van der Waals surface area contributed by atoms with Gasteiger partial charge in [0.2, 0.25) is 0 Å². The summed E-state index contributed by atoms with van der Waals surface area (Å²) in [4.78, 5) is 24.0. The van der Waals surface area contributed by atoms with Crippen molar-refractivity contribution in [2.75, 3.05) is 25.6 Å². The van der Waals surface area contributed by atoms with Crippen LogP contribution >= 0.6 is 0 Å². The number of methoxy groups -OCH3 is 1. The molecule has 0 bridgehead atoms. The first kappa shape index (κ1) is 21.9. The van der Waals surface area contributed by atoms with Gasteiger partial charge in [0.1, 0.15) is 0 Å². The van der Waals surface area contributed by atoms with Crippen molar-refractivity contribution in [3.8, 4) is 11.5 Å². The molecule has 0 saturated heterocycles. The van der Waals surface area contributed by atoms with Gasteiger partial charge in [0.15, 0.2) is 11.5 Å². The Balaban J connectivity index is 1.65. The summed E-state index contributed by atoms with van der Waals surface area (Å²) >= 11 is 0. The predicted octanol–water partition coefficient (Wildman–Crippen LogP) is 3.77. The highest BCUT2D eigenvalue weighted by Gasteiger charge is 2.11. The van der Waals surface area contributed by atoms with Gasteiger partial charge in [0.05, 0.1) is 44.3 Å². The lowest BCUT2D eigenvalue weighted by molar-refractivity contribution is 0.0600. The van der Waals surface area contributed by atoms with Crippen LogP contribution in [-0.4, -0.2) is 42.0 Å². The molecule has 3 aromatic rings. The summed E-state index contributed by atoms with van der Waals surface area (Å²) in [6, 6.07) is 12.0. The van der Waals surface area contributed by atoms with E-state index in [1.807, 2.05) is 32.0 Å². The van der Waals surface area contributed by atoms with Gasteiger partial charge < -0.3 is 19.5 Å². The first-order valence-electron chi connectivity index (χ1n) is 9.94. The Hall–Kier alpha value is -3.81. The van der Waals surface area contributed by atoms with Gasteiger partial charge in [-0.25, -0.2) is 4.79 Å². The van der Waals surface area contributed by atoms with E-state index in [-0.39, 0.29) is 5.91 Å². The van der Waals surface area contributed by atoms with Crippen LogP contribution < -0.4 is 14.8 Å². The molecule has 0 fully saturated rings. The number of carbonyl (C=O) groups is 2. The highest BCUT2D eigenvalue weighted by atomic mass is 16.5. The van der Waals surface area contributed by atoms with Gasteiger partial charge in [-0.2, -0.15) is 5.10 Å². The van der Waals surface area contributed by atoms with Crippen molar-refractivity contribution in [1.29, 1.82) is 0 Å². The highest BCUT2D eigenvalue weighted by molar-refractivity contribution is 6.04. The van der Waals surface area contributed by atoms with Crippen LogP contribution in [0.3, 0.4) is 0 Å². The van der Waals surface area contributed by atoms with E-state index >= 15 is 0 Å². The zero-order valence-corrected chi connectivity index (χ0v) is 17.8. The summed E-state index contributed by atoms with van der Waals surface area (Å²) in [5, 5.41) is 7.11. The Morgan fingerprint density at radius 1 is 0.968 bits per heavy atom. The third kappa shape index (κ3) is 5.63. The van der Waals surface area contributed by atoms with E-state index in [0.717, 1.165) is 5.56 Å². The number of benzene rings is 2. The maximum absolute atomic E-state index is 12.5. The van der Waals surface area contributed by atoms with Crippen molar-refractivity contribution in [3.05, 3.63) is 71.5 Å². The number of carbonyl (C=O) groups excluding carboxylic acids is 2. The molecule has 162 valence electrons. The third-order valence-corrected chi connectivity index (χ3v) is 4.41. The maximum atomic E-state index is 12.5. The monoisotopic (exact) mass is 423 g/mol. The Morgan fingerprint density at radius 3 is 2.32 bits per heavy atom. The highest BCUT2D eigenvalue weighted by Crippen LogP contribution is 2.29. The van der Waals surface area contributed by atoms with E-state index in [4.69, 9.17) is 9.47 Å². The van der Waals surface area contributed by atoms with Gasteiger partial charge in [-0.05, 0) is 55.8 Å². The molecule has 8 nitrogen and oxygen atoms in total. The van der Waals surface area contributed by atoms with Crippen LogP contribution in [0.4, 0.5) is 5.69 Å². The molecular weight excluding hydrogens is 398 g/mol. The average Bonchev–Trinajstić information content (AvgIpc) is 3.22. The van der Waals surface area contributed by atoms with E-state index in [1.165, 1.54) is 7.11 Å². The number of aromatic nitrogens is 2. The molecular formula is C23H25N3O5. The lowest BCUT2D eigenvalue weighted by Gasteiger charge is -2.12. The molecule has 0 aliphatic rings. The molecule has 1 heterocycles. The largest absolute Gasteiger partial charge is 0.490 e. The van der Waals surface area contributed by atoms with Crippen LogP contribution in [-0.2, 0) is 11.3 Å². The topological polar surface area (TPSA) is 91.7 Å². The summed E-state index contributed by atoms with van der Waals surface area (Å²) in [6.07, 6.45) is 3.33. The lowest BCUT2D eigenvalue weighted by Crippen LogP contribution is -2.12. The lowest BCUT2D eigenvalue weighted by atomic mass is 10.1. The van der Waals surface area contributed by atoms with Gasteiger partial charge in [0, 0.05) is 11.8 Å². The van der Waals surface area contributed by atoms with Gasteiger partial charge in [0.25, 0.3) is 5.91 Å². The van der Waals surface area contributed by atoms with Crippen LogP contribution in [0, 0.1) is 0 Å². The van der Waals surface area contributed by atoms with Crippen molar-refractivity contribution in [3.63, 3.8) is 0 Å². The summed E-state index contributed by atoms with van der Waals surface area (Å²) in [7, 11) is 1.31. The van der Waals surface area contributed by atoms with Crippen LogP contribution in [0.15, 0.2) is 54.9 Å². The second-order valence-electron chi connectivity index (χ2n) is 6.60. The fraction of sp³-hybridized carbons (Fsp3) is 0.261. The van der Waals surface area contributed by atoms with E-state index < -0.39 is 5.97 Å². The van der Waals surface area contributed by atoms with E-state index in [1.54, 1.807) is 41.3 Å². The minimum Gasteiger partial charge on any atom is -0.490 e. The molecule has 31 heavy (non-hydrogen) atoms. The van der Waals surface area contributed by atoms with Crippen molar-refractivity contribution < 1.29 is 23.8 Å². The Labute approximate surface area is 180 Å². The molecule has 2 aromatic carbocycles. The van der Waals surface area contributed by atoms with Crippen LogP contribution in [0.5, 0.6) is 11.5 Å². The molecule has 0 spiro atoms. The van der Waals surface area contributed by atoms with Gasteiger partial charge in [-0.15, -0.1) is 0 Å². The Kier molecular flexibility index (Phi) is 7.26. The standard InChI is InChI=1S/C23H25N3O5/c1-4-30-20-11-6-16(12-21(20)31-5-2)14-26-15-19(13-24-26)25-22(27)17-7-9-18(10-8-17)23(28)29-3/h6-13,15H,4-5,14H2,1-3H3,(H,25,27).